The van der Waals surface area contributed by atoms with Crippen LogP contribution in [0.2, 0.25) is 0 Å². The van der Waals surface area contributed by atoms with Crippen molar-refractivity contribution < 1.29 is 23.2 Å². The number of rotatable bonds is 3. The smallest absolute Gasteiger partial charge is 0.374 e. The second-order valence-electron chi connectivity index (χ2n) is 3.32. The standard InChI is InChI=1S/C11H7F2NO3S/c1-18-8-3-2-5(12)9(10(8)13)6-4-7(11(15)16)17-14-6/h2-4H,1H3,(H,15,16). The third-order valence-electron chi connectivity index (χ3n) is 2.25. The first-order chi connectivity index (χ1) is 8.54. The highest BCUT2D eigenvalue weighted by Crippen LogP contribution is 2.31. The van der Waals surface area contributed by atoms with Gasteiger partial charge in [0.1, 0.15) is 17.3 Å². The molecular weight excluding hydrogens is 264 g/mol. The fourth-order valence-corrected chi connectivity index (χ4v) is 1.91. The van der Waals surface area contributed by atoms with Gasteiger partial charge in [-0.25, -0.2) is 13.6 Å². The summed E-state index contributed by atoms with van der Waals surface area (Å²) in [6.45, 7) is 0. The van der Waals surface area contributed by atoms with Crippen LogP contribution < -0.4 is 0 Å². The monoisotopic (exact) mass is 271 g/mol. The summed E-state index contributed by atoms with van der Waals surface area (Å²) in [7, 11) is 0. The maximum absolute atomic E-state index is 13.9. The molecule has 0 fully saturated rings. The molecule has 0 aliphatic rings. The summed E-state index contributed by atoms with van der Waals surface area (Å²) in [6, 6.07) is 3.38. The van der Waals surface area contributed by atoms with Crippen LogP contribution in [0.25, 0.3) is 11.3 Å². The topological polar surface area (TPSA) is 63.3 Å². The van der Waals surface area contributed by atoms with Crippen molar-refractivity contribution in [3.8, 4) is 11.3 Å². The van der Waals surface area contributed by atoms with Crippen LogP contribution in [0.1, 0.15) is 10.6 Å². The molecule has 2 rings (SSSR count). The molecule has 18 heavy (non-hydrogen) atoms. The van der Waals surface area contributed by atoms with Crippen LogP contribution in [0.3, 0.4) is 0 Å². The van der Waals surface area contributed by atoms with Crippen LogP contribution in [0, 0.1) is 11.6 Å². The zero-order valence-corrected chi connectivity index (χ0v) is 9.92. The Balaban J connectivity index is 2.58. The van der Waals surface area contributed by atoms with E-state index in [0.717, 1.165) is 23.9 Å². The van der Waals surface area contributed by atoms with Gasteiger partial charge in [-0.15, -0.1) is 11.8 Å². The van der Waals surface area contributed by atoms with E-state index in [4.69, 9.17) is 5.11 Å². The van der Waals surface area contributed by atoms with Crippen LogP contribution >= 0.6 is 11.8 Å². The highest BCUT2D eigenvalue weighted by Gasteiger charge is 2.20. The Morgan fingerprint density at radius 1 is 1.44 bits per heavy atom. The minimum absolute atomic E-state index is 0.182. The normalized spacial score (nSPS) is 10.6. The lowest BCUT2D eigenvalue weighted by Crippen LogP contribution is -1.93. The van der Waals surface area contributed by atoms with Gasteiger partial charge in [-0.3, -0.25) is 0 Å². The number of hydrogen-bond donors (Lipinski definition) is 1. The Hall–Kier alpha value is -1.89. The first-order valence-corrected chi connectivity index (χ1v) is 5.99. The predicted molar refractivity (Wildman–Crippen MR) is 60.6 cm³/mol. The molecule has 0 amide bonds. The number of thioether (sulfide) groups is 1. The summed E-state index contributed by atoms with van der Waals surface area (Å²) < 4.78 is 32.0. The first-order valence-electron chi connectivity index (χ1n) is 4.77. The quantitative estimate of drug-likeness (QED) is 0.869. The molecule has 0 aliphatic heterocycles. The number of halogens is 2. The van der Waals surface area contributed by atoms with Crippen molar-refractivity contribution in [2.24, 2.45) is 0 Å². The highest BCUT2D eigenvalue weighted by molar-refractivity contribution is 7.98. The minimum atomic E-state index is -1.35. The minimum Gasteiger partial charge on any atom is -0.475 e. The lowest BCUT2D eigenvalue weighted by molar-refractivity contribution is 0.0652. The molecule has 4 nitrogen and oxygen atoms in total. The van der Waals surface area contributed by atoms with E-state index in [1.165, 1.54) is 6.07 Å². The molecule has 0 radical (unpaired) electrons. The van der Waals surface area contributed by atoms with Crippen molar-refractivity contribution in [1.29, 1.82) is 0 Å². The largest absolute Gasteiger partial charge is 0.475 e. The third-order valence-corrected chi connectivity index (χ3v) is 3.01. The number of carboxylic acid groups (broad SMARTS) is 1. The van der Waals surface area contributed by atoms with Gasteiger partial charge in [-0.2, -0.15) is 0 Å². The molecule has 0 spiro atoms. The zero-order chi connectivity index (χ0) is 13.3. The van der Waals surface area contributed by atoms with Gasteiger partial charge in [0.05, 0.1) is 5.56 Å². The van der Waals surface area contributed by atoms with Gasteiger partial charge in [0.15, 0.2) is 0 Å². The van der Waals surface area contributed by atoms with Gasteiger partial charge < -0.3 is 9.63 Å². The lowest BCUT2D eigenvalue weighted by Gasteiger charge is -2.04. The van der Waals surface area contributed by atoms with Gasteiger partial charge in [-0.1, -0.05) is 5.16 Å². The van der Waals surface area contributed by atoms with Crippen LogP contribution in [0.15, 0.2) is 27.6 Å². The molecule has 0 atom stereocenters. The number of carbonyl (C=O) groups is 1. The first kappa shape index (κ1) is 12.6. The van der Waals surface area contributed by atoms with Gasteiger partial charge in [0.25, 0.3) is 0 Å². The van der Waals surface area contributed by atoms with Crippen molar-refractivity contribution >= 4 is 17.7 Å². The van der Waals surface area contributed by atoms with Gasteiger partial charge in [-0.05, 0) is 18.4 Å². The fraction of sp³-hybridized carbons (Fsp3) is 0.0909. The van der Waals surface area contributed by atoms with Crippen LogP contribution in [0.5, 0.6) is 0 Å². The number of carboxylic acids is 1. The Kier molecular flexibility index (Phi) is 3.33. The Bertz CT molecular complexity index is 612. The van der Waals surface area contributed by atoms with E-state index in [1.54, 1.807) is 6.26 Å². The molecule has 94 valence electrons. The molecular formula is C11H7F2NO3S. The summed E-state index contributed by atoms with van der Waals surface area (Å²) in [4.78, 5) is 10.9. The molecule has 1 heterocycles. The summed E-state index contributed by atoms with van der Waals surface area (Å²) in [5.41, 5.74) is -0.573. The summed E-state index contributed by atoms with van der Waals surface area (Å²) in [5, 5.41) is 12.0. The van der Waals surface area contributed by atoms with Crippen LogP contribution in [-0.2, 0) is 0 Å². The average Bonchev–Trinajstić information content (AvgIpc) is 2.79. The van der Waals surface area contributed by atoms with Crippen molar-refractivity contribution in [1.82, 2.24) is 5.16 Å². The number of aromatic nitrogens is 1. The molecule has 2 aromatic rings. The van der Waals surface area contributed by atoms with E-state index >= 15 is 0 Å². The fourth-order valence-electron chi connectivity index (χ4n) is 1.42. The highest BCUT2D eigenvalue weighted by atomic mass is 32.2. The zero-order valence-electron chi connectivity index (χ0n) is 9.11. The Morgan fingerprint density at radius 3 is 2.72 bits per heavy atom. The summed E-state index contributed by atoms with van der Waals surface area (Å²) >= 11 is 1.11. The third kappa shape index (κ3) is 2.08. The number of benzene rings is 1. The van der Waals surface area contributed by atoms with E-state index < -0.39 is 28.9 Å². The summed E-state index contributed by atoms with van der Waals surface area (Å²) in [6.07, 6.45) is 1.64. The number of nitrogens with zero attached hydrogens (tertiary/aromatic N) is 1. The Labute approximate surface area is 105 Å². The lowest BCUT2D eigenvalue weighted by atomic mass is 10.1. The SMILES string of the molecule is CSc1ccc(F)c(-c2cc(C(=O)O)on2)c1F. The number of aromatic carboxylic acids is 1. The molecule has 0 aliphatic carbocycles. The maximum atomic E-state index is 13.9. The van der Waals surface area contributed by atoms with E-state index in [2.05, 4.69) is 9.68 Å². The maximum Gasteiger partial charge on any atom is 0.374 e. The predicted octanol–water partition coefficient (Wildman–Crippen LogP) is 3.04. The second-order valence-corrected chi connectivity index (χ2v) is 4.17. The number of hydrogen-bond acceptors (Lipinski definition) is 4. The van der Waals surface area contributed by atoms with E-state index in [-0.39, 0.29) is 10.6 Å². The molecule has 0 unspecified atom stereocenters. The summed E-state index contributed by atoms with van der Waals surface area (Å²) in [5.74, 6) is -3.43. The van der Waals surface area contributed by atoms with E-state index in [9.17, 15) is 13.6 Å². The van der Waals surface area contributed by atoms with Crippen LogP contribution in [-0.4, -0.2) is 22.5 Å². The molecule has 0 bridgehead atoms. The van der Waals surface area contributed by atoms with E-state index in [1.807, 2.05) is 0 Å². The van der Waals surface area contributed by atoms with Gasteiger partial charge in [0, 0.05) is 11.0 Å². The van der Waals surface area contributed by atoms with E-state index in [0.29, 0.717) is 0 Å². The molecule has 0 saturated heterocycles. The molecule has 0 saturated carbocycles. The molecule has 1 aromatic heterocycles. The average molecular weight is 271 g/mol. The van der Waals surface area contributed by atoms with Gasteiger partial charge in [0.2, 0.25) is 5.76 Å². The van der Waals surface area contributed by atoms with Crippen molar-refractivity contribution in [3.63, 3.8) is 0 Å². The molecule has 1 aromatic carbocycles. The van der Waals surface area contributed by atoms with Crippen LogP contribution in [0.4, 0.5) is 8.78 Å². The van der Waals surface area contributed by atoms with Crippen molar-refractivity contribution in [2.75, 3.05) is 6.26 Å². The van der Waals surface area contributed by atoms with Gasteiger partial charge >= 0.3 is 5.97 Å². The molecule has 7 heteroatoms. The second kappa shape index (κ2) is 4.77. The van der Waals surface area contributed by atoms with Crippen molar-refractivity contribution in [2.45, 2.75) is 4.90 Å². The van der Waals surface area contributed by atoms with Crippen molar-refractivity contribution in [3.05, 3.63) is 35.6 Å². The molecule has 1 N–H and O–H groups in total. The Morgan fingerprint density at radius 2 is 2.17 bits per heavy atom.